The normalized spacial score (nSPS) is 15.4. The number of carbonyl (C=O) groups excluding carboxylic acids is 2. The van der Waals surface area contributed by atoms with Gasteiger partial charge in [0, 0.05) is 43.7 Å². The number of amides is 2. The number of nitrogens with one attached hydrogen (secondary N) is 1. The fourth-order valence-electron chi connectivity index (χ4n) is 3.78. The SMILES string of the molecule is CC(C)C(=O)N(Cc1ccc(Cl)cc1)[C@@H](C(=O)NCCN1CCOCC1)c1ccccc1. The largest absolute Gasteiger partial charge is 0.379 e. The van der Waals surface area contributed by atoms with Crippen molar-refractivity contribution in [3.05, 3.63) is 70.7 Å². The van der Waals surface area contributed by atoms with Crippen LogP contribution < -0.4 is 5.32 Å². The molecule has 1 fully saturated rings. The lowest BCUT2D eigenvalue weighted by Crippen LogP contribution is -2.47. The molecule has 0 aliphatic carbocycles. The third kappa shape index (κ3) is 6.79. The number of hydrogen-bond donors (Lipinski definition) is 1. The predicted octanol–water partition coefficient (Wildman–Crippen LogP) is 3.51. The molecule has 7 heteroatoms. The number of nitrogens with zero attached hydrogens (tertiary/aromatic N) is 2. The van der Waals surface area contributed by atoms with Crippen molar-refractivity contribution in [3.63, 3.8) is 0 Å². The van der Waals surface area contributed by atoms with Gasteiger partial charge in [0.2, 0.25) is 11.8 Å². The highest BCUT2D eigenvalue weighted by atomic mass is 35.5. The Morgan fingerprint density at radius 2 is 1.72 bits per heavy atom. The van der Waals surface area contributed by atoms with Gasteiger partial charge in [0.15, 0.2) is 0 Å². The first kappa shape index (κ1) is 24.2. The van der Waals surface area contributed by atoms with Crippen LogP contribution in [0.5, 0.6) is 0 Å². The maximum Gasteiger partial charge on any atom is 0.247 e. The minimum atomic E-state index is -0.716. The van der Waals surface area contributed by atoms with Crippen molar-refractivity contribution < 1.29 is 14.3 Å². The van der Waals surface area contributed by atoms with E-state index in [0.717, 1.165) is 44.0 Å². The lowest BCUT2D eigenvalue weighted by atomic mass is 10.0. The zero-order valence-electron chi connectivity index (χ0n) is 18.8. The predicted molar refractivity (Wildman–Crippen MR) is 126 cm³/mol. The van der Waals surface area contributed by atoms with Gasteiger partial charge in [-0.05, 0) is 23.3 Å². The number of halogens is 1. The van der Waals surface area contributed by atoms with Crippen LogP contribution in [-0.4, -0.2) is 61.0 Å². The molecule has 1 saturated heterocycles. The van der Waals surface area contributed by atoms with Gasteiger partial charge < -0.3 is 15.0 Å². The second kappa shape index (κ2) is 12.0. The first-order chi connectivity index (χ1) is 15.5. The monoisotopic (exact) mass is 457 g/mol. The van der Waals surface area contributed by atoms with Crippen LogP contribution in [0.25, 0.3) is 0 Å². The Morgan fingerprint density at radius 3 is 2.34 bits per heavy atom. The molecule has 1 aliphatic rings. The van der Waals surface area contributed by atoms with Crippen LogP contribution in [0.15, 0.2) is 54.6 Å². The minimum Gasteiger partial charge on any atom is -0.379 e. The fourth-order valence-corrected chi connectivity index (χ4v) is 3.91. The Labute approximate surface area is 195 Å². The van der Waals surface area contributed by atoms with Crippen molar-refractivity contribution in [3.8, 4) is 0 Å². The van der Waals surface area contributed by atoms with E-state index in [9.17, 15) is 9.59 Å². The van der Waals surface area contributed by atoms with E-state index in [0.29, 0.717) is 18.1 Å². The Kier molecular flexibility index (Phi) is 9.09. The molecule has 0 radical (unpaired) electrons. The minimum absolute atomic E-state index is 0.0721. The van der Waals surface area contributed by atoms with E-state index in [-0.39, 0.29) is 17.7 Å². The topological polar surface area (TPSA) is 61.9 Å². The van der Waals surface area contributed by atoms with Gasteiger partial charge in [-0.3, -0.25) is 14.5 Å². The third-order valence-corrected chi connectivity index (χ3v) is 5.80. The van der Waals surface area contributed by atoms with Gasteiger partial charge in [-0.25, -0.2) is 0 Å². The number of morpholine rings is 1. The number of benzene rings is 2. The summed E-state index contributed by atoms with van der Waals surface area (Å²) in [5.41, 5.74) is 1.71. The van der Waals surface area contributed by atoms with Gasteiger partial charge in [0.05, 0.1) is 13.2 Å². The lowest BCUT2D eigenvalue weighted by molar-refractivity contribution is -0.144. The smallest absolute Gasteiger partial charge is 0.247 e. The van der Waals surface area contributed by atoms with E-state index in [1.165, 1.54) is 0 Å². The zero-order valence-corrected chi connectivity index (χ0v) is 19.6. The molecule has 172 valence electrons. The first-order valence-corrected chi connectivity index (χ1v) is 11.5. The summed E-state index contributed by atoms with van der Waals surface area (Å²) in [6, 6.07) is 16.2. The van der Waals surface area contributed by atoms with E-state index in [2.05, 4.69) is 10.2 Å². The summed E-state index contributed by atoms with van der Waals surface area (Å²) >= 11 is 6.03. The summed E-state index contributed by atoms with van der Waals surface area (Å²) in [6.07, 6.45) is 0. The van der Waals surface area contributed by atoms with E-state index in [1.54, 1.807) is 17.0 Å². The molecule has 32 heavy (non-hydrogen) atoms. The molecule has 0 saturated carbocycles. The van der Waals surface area contributed by atoms with Crippen LogP contribution >= 0.6 is 11.6 Å². The summed E-state index contributed by atoms with van der Waals surface area (Å²) < 4.78 is 5.39. The Hall–Kier alpha value is -2.41. The quantitative estimate of drug-likeness (QED) is 0.626. The van der Waals surface area contributed by atoms with E-state index >= 15 is 0 Å². The highest BCUT2D eigenvalue weighted by Gasteiger charge is 2.32. The molecule has 0 unspecified atom stereocenters. The van der Waals surface area contributed by atoms with Crippen molar-refractivity contribution in [1.82, 2.24) is 15.1 Å². The van der Waals surface area contributed by atoms with Crippen LogP contribution in [0, 0.1) is 5.92 Å². The van der Waals surface area contributed by atoms with E-state index in [4.69, 9.17) is 16.3 Å². The molecular weight excluding hydrogens is 426 g/mol. The third-order valence-electron chi connectivity index (χ3n) is 5.55. The molecule has 1 atom stereocenters. The van der Waals surface area contributed by atoms with Crippen molar-refractivity contribution in [2.45, 2.75) is 26.4 Å². The van der Waals surface area contributed by atoms with Crippen molar-refractivity contribution in [1.29, 1.82) is 0 Å². The standard InChI is InChI=1S/C25H32ClN3O3/c1-19(2)25(31)29(18-20-8-10-22(26)11-9-20)23(21-6-4-3-5-7-21)24(30)27-12-13-28-14-16-32-17-15-28/h3-11,19,23H,12-18H2,1-2H3,(H,27,30)/t23-/m1/s1. The van der Waals surface area contributed by atoms with Crippen LogP contribution in [0.3, 0.4) is 0 Å². The molecule has 1 heterocycles. The molecule has 2 aromatic carbocycles. The Balaban J connectivity index is 1.81. The molecule has 0 bridgehead atoms. The lowest BCUT2D eigenvalue weighted by Gasteiger charge is -2.33. The van der Waals surface area contributed by atoms with Crippen LogP contribution in [0.1, 0.15) is 31.0 Å². The number of rotatable bonds is 9. The van der Waals surface area contributed by atoms with Gasteiger partial charge in [-0.1, -0.05) is 67.9 Å². The molecule has 1 aliphatic heterocycles. The Morgan fingerprint density at radius 1 is 1.06 bits per heavy atom. The van der Waals surface area contributed by atoms with Crippen molar-refractivity contribution >= 4 is 23.4 Å². The van der Waals surface area contributed by atoms with Gasteiger partial charge in [-0.15, -0.1) is 0 Å². The fraction of sp³-hybridized carbons (Fsp3) is 0.440. The van der Waals surface area contributed by atoms with Crippen LogP contribution in [0.4, 0.5) is 0 Å². The average molecular weight is 458 g/mol. The summed E-state index contributed by atoms with van der Waals surface area (Å²) in [5, 5.41) is 3.70. The molecule has 0 spiro atoms. The molecule has 6 nitrogen and oxygen atoms in total. The highest BCUT2D eigenvalue weighted by molar-refractivity contribution is 6.30. The molecular formula is C25H32ClN3O3. The molecule has 0 aromatic heterocycles. The van der Waals surface area contributed by atoms with Gasteiger partial charge in [0.25, 0.3) is 0 Å². The van der Waals surface area contributed by atoms with Gasteiger partial charge >= 0.3 is 0 Å². The van der Waals surface area contributed by atoms with Crippen molar-refractivity contribution in [2.24, 2.45) is 5.92 Å². The zero-order chi connectivity index (χ0) is 22.9. The molecule has 2 amide bonds. The summed E-state index contributed by atoms with van der Waals surface area (Å²) in [4.78, 5) is 30.6. The summed E-state index contributed by atoms with van der Waals surface area (Å²) in [5.74, 6) is -0.487. The maximum atomic E-state index is 13.4. The summed E-state index contributed by atoms with van der Waals surface area (Å²) in [6.45, 7) is 8.49. The van der Waals surface area contributed by atoms with Crippen LogP contribution in [-0.2, 0) is 20.9 Å². The maximum absolute atomic E-state index is 13.4. The average Bonchev–Trinajstić information content (AvgIpc) is 2.81. The van der Waals surface area contributed by atoms with E-state index < -0.39 is 6.04 Å². The number of carbonyl (C=O) groups is 2. The van der Waals surface area contributed by atoms with E-state index in [1.807, 2.05) is 56.3 Å². The molecule has 2 aromatic rings. The molecule has 3 rings (SSSR count). The summed E-state index contributed by atoms with van der Waals surface area (Å²) in [7, 11) is 0. The second-order valence-electron chi connectivity index (χ2n) is 8.31. The van der Waals surface area contributed by atoms with Gasteiger partial charge in [-0.2, -0.15) is 0 Å². The second-order valence-corrected chi connectivity index (χ2v) is 8.74. The van der Waals surface area contributed by atoms with Crippen LogP contribution in [0.2, 0.25) is 5.02 Å². The molecule has 1 N–H and O–H groups in total. The number of hydrogen-bond acceptors (Lipinski definition) is 4. The number of ether oxygens (including phenoxy) is 1. The highest BCUT2D eigenvalue weighted by Crippen LogP contribution is 2.26. The Bertz CT molecular complexity index is 868. The first-order valence-electron chi connectivity index (χ1n) is 11.1. The van der Waals surface area contributed by atoms with Crippen molar-refractivity contribution in [2.75, 3.05) is 39.4 Å². The van der Waals surface area contributed by atoms with Gasteiger partial charge in [0.1, 0.15) is 6.04 Å².